The molecule has 0 radical (unpaired) electrons. The molecule has 4 aromatic rings. The Kier molecular flexibility index (Phi) is 5.57. The molecule has 0 aliphatic heterocycles. The molecule has 6 nitrogen and oxygen atoms in total. The molecule has 2 aromatic heterocycles. The Morgan fingerprint density at radius 3 is 2.40 bits per heavy atom. The third-order valence-electron chi connectivity index (χ3n) is 4.82. The van der Waals surface area contributed by atoms with Crippen LogP contribution in [0.4, 0.5) is 5.69 Å². The van der Waals surface area contributed by atoms with Gasteiger partial charge < -0.3 is 10.6 Å². The summed E-state index contributed by atoms with van der Waals surface area (Å²) in [5.41, 5.74) is 3.74. The van der Waals surface area contributed by atoms with Crippen LogP contribution in [0.25, 0.3) is 5.52 Å². The maximum Gasteiger partial charge on any atom is 0.292 e. The lowest BCUT2D eigenvalue weighted by Crippen LogP contribution is -2.26. The Labute approximate surface area is 174 Å². The summed E-state index contributed by atoms with van der Waals surface area (Å²) in [4.78, 5) is 30.0. The first-order valence-electron chi connectivity index (χ1n) is 9.79. The van der Waals surface area contributed by atoms with Gasteiger partial charge in [0.15, 0.2) is 5.69 Å². The van der Waals surface area contributed by atoms with Crippen molar-refractivity contribution in [3.63, 3.8) is 0 Å². The molecule has 0 aliphatic rings. The number of nitrogens with zero attached hydrogens (tertiary/aromatic N) is 2. The third-order valence-corrected chi connectivity index (χ3v) is 4.82. The molecule has 30 heavy (non-hydrogen) atoms. The highest BCUT2D eigenvalue weighted by Crippen LogP contribution is 2.16. The van der Waals surface area contributed by atoms with E-state index in [0.29, 0.717) is 17.7 Å². The second kappa shape index (κ2) is 8.61. The number of imidazole rings is 1. The average Bonchev–Trinajstić information content (AvgIpc) is 3.16. The fourth-order valence-corrected chi connectivity index (χ4v) is 3.24. The molecule has 0 fully saturated rings. The summed E-state index contributed by atoms with van der Waals surface area (Å²) in [6.07, 6.45) is 2.45. The highest BCUT2D eigenvalue weighted by Gasteiger charge is 2.21. The second-order valence-corrected chi connectivity index (χ2v) is 7.05. The topological polar surface area (TPSA) is 75.5 Å². The maximum atomic E-state index is 12.8. The molecular weight excluding hydrogens is 376 g/mol. The van der Waals surface area contributed by atoms with Crippen LogP contribution in [0.5, 0.6) is 0 Å². The van der Waals surface area contributed by atoms with E-state index in [9.17, 15) is 9.59 Å². The number of aromatic nitrogens is 2. The first-order chi connectivity index (χ1) is 14.6. The lowest BCUT2D eigenvalue weighted by Gasteiger charge is -2.04. The van der Waals surface area contributed by atoms with Gasteiger partial charge in [-0.1, -0.05) is 54.1 Å². The van der Waals surface area contributed by atoms with Crippen LogP contribution < -0.4 is 10.6 Å². The van der Waals surface area contributed by atoms with Crippen molar-refractivity contribution in [1.82, 2.24) is 14.7 Å². The molecule has 0 bridgehead atoms. The lowest BCUT2D eigenvalue weighted by atomic mass is 10.1. The van der Waals surface area contributed by atoms with E-state index in [-0.39, 0.29) is 23.3 Å². The summed E-state index contributed by atoms with van der Waals surface area (Å²) >= 11 is 0. The minimum absolute atomic E-state index is 0.166. The predicted molar refractivity (Wildman–Crippen MR) is 117 cm³/mol. The minimum Gasteiger partial charge on any atom is -0.350 e. The van der Waals surface area contributed by atoms with Gasteiger partial charge in [-0.05, 0) is 43.2 Å². The zero-order valence-electron chi connectivity index (χ0n) is 16.6. The van der Waals surface area contributed by atoms with Crippen molar-refractivity contribution in [1.29, 1.82) is 0 Å². The number of carbonyl (C=O) groups excluding carboxylic acids is 2. The second-order valence-electron chi connectivity index (χ2n) is 7.05. The van der Waals surface area contributed by atoms with Crippen molar-refractivity contribution in [2.75, 3.05) is 11.9 Å². The van der Waals surface area contributed by atoms with E-state index >= 15 is 0 Å². The Morgan fingerprint density at radius 2 is 1.63 bits per heavy atom. The summed E-state index contributed by atoms with van der Waals surface area (Å²) in [6.45, 7) is 2.47. The van der Waals surface area contributed by atoms with Gasteiger partial charge in [0.25, 0.3) is 11.8 Å². The molecule has 0 atom stereocenters. The summed E-state index contributed by atoms with van der Waals surface area (Å²) < 4.78 is 1.63. The first-order valence-corrected chi connectivity index (χ1v) is 9.79. The molecule has 0 aliphatic carbocycles. The van der Waals surface area contributed by atoms with E-state index in [1.807, 2.05) is 67.6 Å². The number of anilines is 1. The van der Waals surface area contributed by atoms with E-state index in [1.165, 1.54) is 0 Å². The van der Waals surface area contributed by atoms with E-state index < -0.39 is 0 Å². The molecule has 4 rings (SSSR count). The molecule has 2 aromatic carbocycles. The molecule has 0 saturated carbocycles. The van der Waals surface area contributed by atoms with Gasteiger partial charge in [-0.15, -0.1) is 0 Å². The third kappa shape index (κ3) is 4.22. The summed E-state index contributed by atoms with van der Waals surface area (Å²) in [6, 6.07) is 22.9. The zero-order chi connectivity index (χ0) is 20.9. The Bertz CT molecular complexity index is 1180. The number of hydrogen-bond donors (Lipinski definition) is 2. The predicted octanol–water partition coefficient (Wildman–Crippen LogP) is 3.87. The van der Waals surface area contributed by atoms with Crippen molar-refractivity contribution in [2.45, 2.75) is 13.3 Å². The van der Waals surface area contributed by atoms with Crippen LogP contribution in [0.2, 0.25) is 0 Å². The minimum atomic E-state index is -0.372. The Balaban J connectivity index is 1.53. The number of hydrogen-bond acceptors (Lipinski definition) is 3. The van der Waals surface area contributed by atoms with Crippen LogP contribution in [-0.2, 0) is 6.42 Å². The van der Waals surface area contributed by atoms with Gasteiger partial charge in [-0.3, -0.25) is 14.0 Å². The molecule has 2 heterocycles. The van der Waals surface area contributed by atoms with Crippen molar-refractivity contribution in [3.8, 4) is 0 Å². The monoisotopic (exact) mass is 398 g/mol. The fourth-order valence-electron chi connectivity index (χ4n) is 3.24. The molecule has 0 unspecified atom stereocenters. The van der Waals surface area contributed by atoms with Gasteiger partial charge in [0, 0.05) is 18.4 Å². The Hall–Kier alpha value is -3.93. The van der Waals surface area contributed by atoms with Gasteiger partial charge in [-0.25, -0.2) is 4.98 Å². The number of aryl methyl sites for hydroxylation is 1. The standard InChI is InChI=1S/C24H22N4O2/c1-17-10-12-19(13-11-17)26-24(30)22-27-21(20-9-5-6-16-28(20)22)23(29)25-15-14-18-7-3-2-4-8-18/h2-13,16H,14-15H2,1H3,(H,25,29)(H,26,30). The SMILES string of the molecule is Cc1ccc(NC(=O)c2nc(C(=O)NCCc3ccccc3)c3ccccn23)cc1. The summed E-state index contributed by atoms with van der Waals surface area (Å²) in [5, 5.41) is 5.74. The van der Waals surface area contributed by atoms with Gasteiger partial charge >= 0.3 is 0 Å². The molecule has 6 heteroatoms. The van der Waals surface area contributed by atoms with Gasteiger partial charge in [0.2, 0.25) is 5.82 Å². The summed E-state index contributed by atoms with van der Waals surface area (Å²) in [7, 11) is 0. The van der Waals surface area contributed by atoms with Crippen LogP contribution in [0, 0.1) is 6.92 Å². The number of fused-ring (bicyclic) bond motifs is 1. The molecule has 0 spiro atoms. The van der Waals surface area contributed by atoms with Crippen LogP contribution >= 0.6 is 0 Å². The highest BCUT2D eigenvalue weighted by molar-refractivity contribution is 6.06. The van der Waals surface area contributed by atoms with Gasteiger partial charge in [0.05, 0.1) is 5.52 Å². The molecule has 2 N–H and O–H groups in total. The van der Waals surface area contributed by atoms with E-state index in [2.05, 4.69) is 15.6 Å². The van der Waals surface area contributed by atoms with E-state index in [1.54, 1.807) is 22.7 Å². The number of pyridine rings is 1. The highest BCUT2D eigenvalue weighted by atomic mass is 16.2. The maximum absolute atomic E-state index is 12.8. The Morgan fingerprint density at radius 1 is 0.900 bits per heavy atom. The zero-order valence-corrected chi connectivity index (χ0v) is 16.6. The van der Waals surface area contributed by atoms with Crippen LogP contribution in [0.3, 0.4) is 0 Å². The van der Waals surface area contributed by atoms with E-state index in [0.717, 1.165) is 17.5 Å². The van der Waals surface area contributed by atoms with Crippen molar-refractivity contribution in [3.05, 3.63) is 102 Å². The lowest BCUT2D eigenvalue weighted by molar-refractivity contribution is 0.0951. The molecule has 150 valence electrons. The molecule has 2 amide bonds. The number of nitrogens with one attached hydrogen (secondary N) is 2. The molecular formula is C24H22N4O2. The fraction of sp³-hybridized carbons (Fsp3) is 0.125. The largest absolute Gasteiger partial charge is 0.350 e. The summed E-state index contributed by atoms with van der Waals surface area (Å²) in [5.74, 6) is -0.508. The van der Waals surface area contributed by atoms with Crippen LogP contribution in [0.1, 0.15) is 32.2 Å². The van der Waals surface area contributed by atoms with Crippen molar-refractivity contribution < 1.29 is 9.59 Å². The van der Waals surface area contributed by atoms with Crippen LogP contribution in [-0.4, -0.2) is 27.7 Å². The first kappa shape index (κ1) is 19.4. The number of carbonyl (C=O) groups is 2. The van der Waals surface area contributed by atoms with Crippen LogP contribution in [0.15, 0.2) is 79.0 Å². The van der Waals surface area contributed by atoms with Crippen molar-refractivity contribution >= 4 is 23.0 Å². The van der Waals surface area contributed by atoms with Crippen molar-refractivity contribution in [2.24, 2.45) is 0 Å². The smallest absolute Gasteiger partial charge is 0.292 e. The van der Waals surface area contributed by atoms with E-state index in [4.69, 9.17) is 0 Å². The number of benzene rings is 2. The normalized spacial score (nSPS) is 10.7. The quantitative estimate of drug-likeness (QED) is 0.518. The van der Waals surface area contributed by atoms with Gasteiger partial charge in [0.1, 0.15) is 0 Å². The average molecular weight is 398 g/mol. The number of amides is 2. The molecule has 0 saturated heterocycles. The number of rotatable bonds is 6. The van der Waals surface area contributed by atoms with Gasteiger partial charge in [-0.2, -0.15) is 0 Å².